The quantitative estimate of drug-likeness (QED) is 0.827. The standard InChI is InChI=1S/C12H18ClNO/c1-8(2)3-5-11(14)9-4-6-12(15)10(13)7-9/h4,6-8,11,15H,3,5,14H2,1-2H3/t11-/m1/s1. The zero-order valence-corrected chi connectivity index (χ0v) is 9.96. The van der Waals surface area contributed by atoms with Crippen LogP contribution < -0.4 is 5.73 Å². The van der Waals surface area contributed by atoms with Gasteiger partial charge in [0, 0.05) is 6.04 Å². The maximum absolute atomic E-state index is 9.27. The Hall–Kier alpha value is -0.730. The number of hydrogen-bond acceptors (Lipinski definition) is 2. The maximum atomic E-state index is 9.27. The summed E-state index contributed by atoms with van der Waals surface area (Å²) >= 11 is 5.82. The highest BCUT2D eigenvalue weighted by Gasteiger charge is 2.09. The molecular weight excluding hydrogens is 210 g/mol. The minimum Gasteiger partial charge on any atom is -0.506 e. The lowest BCUT2D eigenvalue weighted by Crippen LogP contribution is -2.11. The molecule has 1 atom stereocenters. The van der Waals surface area contributed by atoms with Gasteiger partial charge in [-0.3, -0.25) is 0 Å². The lowest BCUT2D eigenvalue weighted by molar-refractivity contribution is 0.474. The monoisotopic (exact) mass is 227 g/mol. The van der Waals surface area contributed by atoms with E-state index < -0.39 is 0 Å². The van der Waals surface area contributed by atoms with E-state index in [4.69, 9.17) is 17.3 Å². The molecule has 0 bridgehead atoms. The molecule has 0 fully saturated rings. The number of hydrogen-bond donors (Lipinski definition) is 2. The largest absolute Gasteiger partial charge is 0.506 e. The number of phenolic OH excluding ortho intramolecular Hbond substituents is 1. The molecule has 0 amide bonds. The van der Waals surface area contributed by atoms with Gasteiger partial charge in [0.05, 0.1) is 5.02 Å². The molecule has 3 N–H and O–H groups in total. The first kappa shape index (κ1) is 12.3. The molecule has 1 aromatic rings. The molecule has 2 nitrogen and oxygen atoms in total. The minimum atomic E-state index is 0.00509. The van der Waals surface area contributed by atoms with Crippen molar-refractivity contribution in [2.24, 2.45) is 11.7 Å². The first-order valence-electron chi connectivity index (χ1n) is 5.24. The predicted molar refractivity (Wildman–Crippen MR) is 64.1 cm³/mol. The van der Waals surface area contributed by atoms with Crippen LogP contribution in [0.3, 0.4) is 0 Å². The average Bonchev–Trinajstić information content (AvgIpc) is 2.18. The van der Waals surface area contributed by atoms with Crippen LogP contribution in [0.2, 0.25) is 5.02 Å². The molecule has 0 heterocycles. The smallest absolute Gasteiger partial charge is 0.134 e. The molecule has 0 aromatic heterocycles. The third-order valence-corrected chi connectivity index (χ3v) is 2.76. The van der Waals surface area contributed by atoms with Gasteiger partial charge in [-0.25, -0.2) is 0 Å². The summed E-state index contributed by atoms with van der Waals surface area (Å²) in [5, 5.41) is 9.64. The molecule has 0 saturated heterocycles. The first-order chi connectivity index (χ1) is 7.00. The summed E-state index contributed by atoms with van der Waals surface area (Å²) in [6.07, 6.45) is 2.04. The minimum absolute atomic E-state index is 0.00509. The molecule has 1 rings (SSSR count). The number of rotatable bonds is 4. The summed E-state index contributed by atoms with van der Waals surface area (Å²) in [4.78, 5) is 0. The van der Waals surface area contributed by atoms with Crippen LogP contribution in [-0.2, 0) is 0 Å². The normalized spacial score (nSPS) is 13.1. The van der Waals surface area contributed by atoms with Crippen molar-refractivity contribution < 1.29 is 5.11 Å². The Balaban J connectivity index is 2.65. The molecule has 0 unspecified atom stereocenters. The van der Waals surface area contributed by atoms with Crippen molar-refractivity contribution in [2.45, 2.75) is 32.7 Å². The van der Waals surface area contributed by atoms with E-state index in [0.29, 0.717) is 10.9 Å². The van der Waals surface area contributed by atoms with Gasteiger partial charge in [0.15, 0.2) is 0 Å². The number of phenols is 1. The van der Waals surface area contributed by atoms with Crippen molar-refractivity contribution >= 4 is 11.6 Å². The molecule has 0 saturated carbocycles. The SMILES string of the molecule is CC(C)CC[C@@H](N)c1ccc(O)c(Cl)c1. The third kappa shape index (κ3) is 3.73. The second-order valence-electron chi connectivity index (χ2n) is 4.29. The van der Waals surface area contributed by atoms with E-state index in [9.17, 15) is 5.11 Å². The van der Waals surface area contributed by atoms with Gasteiger partial charge in [-0.15, -0.1) is 0 Å². The Morgan fingerprint density at radius 2 is 2.00 bits per heavy atom. The van der Waals surface area contributed by atoms with Crippen LogP contribution in [0.25, 0.3) is 0 Å². The van der Waals surface area contributed by atoms with E-state index in [1.807, 2.05) is 6.07 Å². The topological polar surface area (TPSA) is 46.2 Å². The summed E-state index contributed by atoms with van der Waals surface area (Å²) in [6, 6.07) is 5.16. The third-order valence-electron chi connectivity index (χ3n) is 2.45. The maximum Gasteiger partial charge on any atom is 0.134 e. The Morgan fingerprint density at radius 3 is 2.53 bits per heavy atom. The number of nitrogens with two attached hydrogens (primary N) is 1. The zero-order chi connectivity index (χ0) is 11.4. The second-order valence-corrected chi connectivity index (χ2v) is 4.70. The fraction of sp³-hybridized carbons (Fsp3) is 0.500. The van der Waals surface area contributed by atoms with Crippen LogP contribution in [0.4, 0.5) is 0 Å². The molecule has 0 aliphatic rings. The van der Waals surface area contributed by atoms with Gasteiger partial charge in [0.1, 0.15) is 5.75 Å². The molecule has 15 heavy (non-hydrogen) atoms. The first-order valence-corrected chi connectivity index (χ1v) is 5.62. The van der Waals surface area contributed by atoms with Crippen molar-refractivity contribution in [3.05, 3.63) is 28.8 Å². The van der Waals surface area contributed by atoms with E-state index in [1.165, 1.54) is 0 Å². The fourth-order valence-electron chi connectivity index (χ4n) is 1.43. The van der Waals surface area contributed by atoms with Crippen LogP contribution in [-0.4, -0.2) is 5.11 Å². The van der Waals surface area contributed by atoms with Crippen molar-refractivity contribution in [1.82, 2.24) is 0 Å². The molecular formula is C12H18ClNO. The van der Waals surface area contributed by atoms with Gasteiger partial charge in [0.2, 0.25) is 0 Å². The van der Waals surface area contributed by atoms with Crippen molar-refractivity contribution in [3.63, 3.8) is 0 Å². The Labute approximate surface area is 96.1 Å². The van der Waals surface area contributed by atoms with Gasteiger partial charge in [-0.1, -0.05) is 31.5 Å². The van der Waals surface area contributed by atoms with E-state index in [0.717, 1.165) is 18.4 Å². The van der Waals surface area contributed by atoms with Gasteiger partial charge in [-0.05, 0) is 36.5 Å². The average molecular weight is 228 g/mol. The summed E-state index contributed by atoms with van der Waals surface area (Å²) in [7, 11) is 0. The van der Waals surface area contributed by atoms with Gasteiger partial charge < -0.3 is 10.8 Å². The Kier molecular flexibility index (Phi) is 4.43. The van der Waals surface area contributed by atoms with Crippen molar-refractivity contribution in [3.8, 4) is 5.75 Å². The van der Waals surface area contributed by atoms with Crippen molar-refractivity contribution in [2.75, 3.05) is 0 Å². The van der Waals surface area contributed by atoms with Crippen molar-refractivity contribution in [1.29, 1.82) is 0 Å². The molecule has 0 aliphatic carbocycles. The fourth-order valence-corrected chi connectivity index (χ4v) is 1.62. The second kappa shape index (κ2) is 5.38. The highest BCUT2D eigenvalue weighted by molar-refractivity contribution is 6.32. The van der Waals surface area contributed by atoms with Gasteiger partial charge >= 0.3 is 0 Å². The van der Waals surface area contributed by atoms with Gasteiger partial charge in [0.25, 0.3) is 0 Å². The van der Waals surface area contributed by atoms with Crippen LogP contribution >= 0.6 is 11.6 Å². The highest BCUT2D eigenvalue weighted by atomic mass is 35.5. The van der Waals surface area contributed by atoms with Gasteiger partial charge in [-0.2, -0.15) is 0 Å². The lowest BCUT2D eigenvalue weighted by atomic mass is 9.98. The zero-order valence-electron chi connectivity index (χ0n) is 9.20. The summed E-state index contributed by atoms with van der Waals surface area (Å²) in [6.45, 7) is 4.35. The van der Waals surface area contributed by atoms with Crippen LogP contribution in [0.5, 0.6) is 5.75 Å². The summed E-state index contributed by atoms with van der Waals surface area (Å²) in [5.41, 5.74) is 7.01. The van der Waals surface area contributed by atoms with Crippen LogP contribution in [0.15, 0.2) is 18.2 Å². The lowest BCUT2D eigenvalue weighted by Gasteiger charge is -2.14. The Morgan fingerprint density at radius 1 is 1.33 bits per heavy atom. The van der Waals surface area contributed by atoms with E-state index in [1.54, 1.807) is 12.1 Å². The summed E-state index contributed by atoms with van der Waals surface area (Å²) in [5.74, 6) is 0.764. The number of halogens is 1. The molecule has 84 valence electrons. The molecule has 0 spiro atoms. The predicted octanol–water partition coefficient (Wildman–Crippen LogP) is 3.48. The number of aromatic hydroxyl groups is 1. The van der Waals surface area contributed by atoms with Crippen LogP contribution in [0, 0.1) is 5.92 Å². The Bertz CT molecular complexity index is 325. The molecule has 0 radical (unpaired) electrons. The van der Waals surface area contributed by atoms with E-state index in [2.05, 4.69) is 13.8 Å². The summed E-state index contributed by atoms with van der Waals surface area (Å²) < 4.78 is 0. The molecule has 0 aliphatic heterocycles. The van der Waals surface area contributed by atoms with Crippen LogP contribution in [0.1, 0.15) is 38.3 Å². The highest BCUT2D eigenvalue weighted by Crippen LogP contribution is 2.27. The molecule has 1 aromatic carbocycles. The van der Waals surface area contributed by atoms with E-state index >= 15 is 0 Å². The molecule has 3 heteroatoms. The van der Waals surface area contributed by atoms with E-state index in [-0.39, 0.29) is 11.8 Å². The number of benzene rings is 1.